The Labute approximate surface area is 348 Å². The fraction of sp³-hybridized carbons (Fsp3) is 0.600. The molecular weight excluding hydrogens is 760 g/mol. The third-order valence-corrected chi connectivity index (χ3v) is 13.2. The molecule has 0 radical (unpaired) electrons. The number of nitrogens with one attached hydrogen (secondary N) is 1. The molecule has 0 spiro atoms. The maximum Gasteiger partial charge on any atom is 0.255 e. The number of aliphatic hydroxyl groups is 1. The van der Waals surface area contributed by atoms with Crippen LogP contribution in [0.4, 0.5) is 0 Å². The molecule has 2 N–H and O–H groups in total. The largest absolute Gasteiger partial charge is 0.487 e. The number of fused-ring (bicyclic) bond motifs is 1. The van der Waals surface area contributed by atoms with Gasteiger partial charge in [-0.25, -0.2) is 4.98 Å². The number of ether oxygens (including phenoxy) is 2. The number of aryl methyl sites for hydroxylation is 1. The Kier molecular flexibility index (Phi) is 15.6. The molecule has 57 heavy (non-hydrogen) atoms. The second kappa shape index (κ2) is 20.0. The number of benzene rings is 2. The molecule has 2 aliphatic heterocycles. The fourth-order valence-electron chi connectivity index (χ4n) is 7.95. The molecule has 0 saturated carbocycles. The minimum absolute atomic E-state index is 0.0222. The molecule has 5 rings (SSSR count). The molecule has 5 atom stereocenters. The number of unbranched alkanes of at least 4 members (excludes halogenated alkanes) is 3. The molecule has 2 aliphatic rings. The molecule has 1 saturated heterocycles. The number of alkyl halides is 1. The molecule has 2 aromatic carbocycles. The molecule has 0 aliphatic carbocycles. The number of thiazole rings is 1. The number of nitrogens with zero attached hydrogens (tertiary/aromatic N) is 3. The highest BCUT2D eigenvalue weighted by molar-refractivity contribution is 7.13. The summed E-state index contributed by atoms with van der Waals surface area (Å²) in [6.45, 7) is 15.5. The Morgan fingerprint density at radius 1 is 1.05 bits per heavy atom. The van der Waals surface area contributed by atoms with E-state index in [2.05, 4.69) is 38.0 Å². The third kappa shape index (κ3) is 11.0. The van der Waals surface area contributed by atoms with Crippen LogP contribution in [0.2, 0.25) is 0 Å². The lowest BCUT2D eigenvalue weighted by Crippen LogP contribution is -2.55. The molecule has 0 bridgehead atoms. The first-order chi connectivity index (χ1) is 27.2. The normalized spacial score (nSPS) is 19.4. The van der Waals surface area contributed by atoms with E-state index in [0.29, 0.717) is 36.8 Å². The van der Waals surface area contributed by atoms with Crippen molar-refractivity contribution in [2.24, 2.45) is 5.92 Å². The number of amides is 3. The van der Waals surface area contributed by atoms with Gasteiger partial charge in [-0.1, -0.05) is 77.3 Å². The third-order valence-electron chi connectivity index (χ3n) is 12.0. The minimum Gasteiger partial charge on any atom is -0.487 e. The van der Waals surface area contributed by atoms with E-state index in [9.17, 15) is 19.5 Å². The van der Waals surface area contributed by atoms with Crippen LogP contribution in [-0.4, -0.2) is 86.0 Å². The summed E-state index contributed by atoms with van der Waals surface area (Å²) in [5.74, 6) is 0.274. The molecular formula is C45H63ClN4O6S. The standard InChI is InChI=1S/C45H63ClN4O6S/c1-8-44(6,20-14-10-11-15-22-46)55-23-21-45(7,9-2)56-38-24-32(40-31(5)48-29-57-40)18-19-33(38)26-47-41(52)37-25-35(51)28-49(37)43(54)39(30(3)4)50-27-34-16-12-13-17-36(34)42(50)53/h12-13,16-19,24,29-30,35,37,39,51H,8-11,14-15,20-23,25-28H2,1-7H3,(H,47,52)/t35-,37+,39?,44?,45?/m1/s1. The Balaban J connectivity index is 1.30. The lowest BCUT2D eigenvalue weighted by Gasteiger charge is -2.35. The number of β-amino-alcohol motifs (C(OH)–C–C–N with tert-alkyl or cyclic N) is 1. The van der Waals surface area contributed by atoms with E-state index in [-0.39, 0.29) is 48.8 Å². The first kappa shape index (κ1) is 44.6. The minimum atomic E-state index is -0.886. The van der Waals surface area contributed by atoms with E-state index in [4.69, 9.17) is 21.1 Å². The van der Waals surface area contributed by atoms with Gasteiger partial charge in [0.25, 0.3) is 5.91 Å². The van der Waals surface area contributed by atoms with Crippen LogP contribution in [0.25, 0.3) is 10.4 Å². The van der Waals surface area contributed by atoms with E-state index < -0.39 is 23.8 Å². The van der Waals surface area contributed by atoms with Gasteiger partial charge in [-0.15, -0.1) is 22.9 Å². The Bertz CT molecular complexity index is 1840. The van der Waals surface area contributed by atoms with Crippen LogP contribution in [0.3, 0.4) is 0 Å². The van der Waals surface area contributed by atoms with Crippen molar-refractivity contribution in [3.8, 4) is 16.2 Å². The van der Waals surface area contributed by atoms with Crippen molar-refractivity contribution >= 4 is 40.7 Å². The van der Waals surface area contributed by atoms with E-state index in [1.54, 1.807) is 22.3 Å². The van der Waals surface area contributed by atoms with Gasteiger partial charge in [-0.05, 0) is 75.6 Å². The van der Waals surface area contributed by atoms with Crippen LogP contribution in [0.1, 0.15) is 127 Å². The van der Waals surface area contributed by atoms with E-state index in [0.717, 1.165) is 72.2 Å². The second-order valence-corrected chi connectivity index (χ2v) is 17.9. The summed E-state index contributed by atoms with van der Waals surface area (Å²) in [5.41, 5.74) is 5.26. The predicted octanol–water partition coefficient (Wildman–Crippen LogP) is 8.69. The fourth-order valence-corrected chi connectivity index (χ4v) is 8.94. The molecule has 3 amide bonds. The molecule has 3 unspecified atom stereocenters. The number of aliphatic hydroxyl groups excluding tert-OH is 1. The smallest absolute Gasteiger partial charge is 0.255 e. The van der Waals surface area contributed by atoms with Gasteiger partial charge in [-0.2, -0.15) is 0 Å². The summed E-state index contributed by atoms with van der Waals surface area (Å²) in [6, 6.07) is 11.8. The summed E-state index contributed by atoms with van der Waals surface area (Å²) < 4.78 is 13.5. The number of hydrogen-bond acceptors (Lipinski definition) is 8. The molecule has 3 heterocycles. The highest BCUT2D eigenvalue weighted by atomic mass is 35.5. The van der Waals surface area contributed by atoms with Crippen LogP contribution >= 0.6 is 22.9 Å². The Morgan fingerprint density at radius 3 is 2.46 bits per heavy atom. The van der Waals surface area contributed by atoms with Crippen molar-refractivity contribution in [3.63, 3.8) is 0 Å². The second-order valence-electron chi connectivity index (χ2n) is 16.6. The number of halogens is 1. The van der Waals surface area contributed by atoms with Gasteiger partial charge in [0.1, 0.15) is 23.4 Å². The predicted molar refractivity (Wildman–Crippen MR) is 228 cm³/mol. The number of aromatic nitrogens is 1. The van der Waals surface area contributed by atoms with E-state index >= 15 is 0 Å². The summed E-state index contributed by atoms with van der Waals surface area (Å²) in [4.78, 5) is 50.3. The Morgan fingerprint density at radius 2 is 1.79 bits per heavy atom. The molecule has 312 valence electrons. The quantitative estimate of drug-likeness (QED) is 0.0815. The first-order valence-electron chi connectivity index (χ1n) is 20.8. The van der Waals surface area contributed by atoms with Gasteiger partial charge < -0.3 is 29.7 Å². The lowest BCUT2D eigenvalue weighted by atomic mass is 9.94. The van der Waals surface area contributed by atoms with Crippen molar-refractivity contribution < 1.29 is 29.0 Å². The van der Waals surface area contributed by atoms with E-state index in [1.807, 2.05) is 62.7 Å². The average Bonchev–Trinajstić information content (AvgIpc) is 3.90. The van der Waals surface area contributed by atoms with Crippen LogP contribution < -0.4 is 10.1 Å². The lowest BCUT2D eigenvalue weighted by molar-refractivity contribution is -0.143. The van der Waals surface area contributed by atoms with Gasteiger partial charge in [-0.3, -0.25) is 14.4 Å². The van der Waals surface area contributed by atoms with Crippen molar-refractivity contribution in [3.05, 3.63) is 70.4 Å². The molecule has 1 aromatic heterocycles. The molecule has 10 nitrogen and oxygen atoms in total. The van der Waals surface area contributed by atoms with Crippen LogP contribution in [0, 0.1) is 12.8 Å². The maximum atomic E-state index is 14.3. The van der Waals surface area contributed by atoms with Crippen molar-refractivity contribution in [1.29, 1.82) is 0 Å². The number of rotatable bonds is 21. The van der Waals surface area contributed by atoms with Crippen LogP contribution in [0.15, 0.2) is 48.0 Å². The number of carbonyl (C=O) groups is 3. The number of hydrogen-bond donors (Lipinski definition) is 2. The van der Waals surface area contributed by atoms with Gasteiger partial charge in [0, 0.05) is 49.5 Å². The van der Waals surface area contributed by atoms with Gasteiger partial charge in [0.2, 0.25) is 11.8 Å². The van der Waals surface area contributed by atoms with Crippen LogP contribution in [0.5, 0.6) is 5.75 Å². The summed E-state index contributed by atoms with van der Waals surface area (Å²) in [5, 5.41) is 13.9. The van der Waals surface area contributed by atoms with Crippen molar-refractivity contribution in [2.75, 3.05) is 19.0 Å². The maximum absolute atomic E-state index is 14.3. The van der Waals surface area contributed by atoms with Crippen molar-refractivity contribution in [2.45, 2.75) is 149 Å². The molecule has 3 aromatic rings. The molecule has 1 fully saturated rings. The van der Waals surface area contributed by atoms with Crippen LogP contribution in [-0.2, 0) is 27.4 Å². The highest BCUT2D eigenvalue weighted by Crippen LogP contribution is 2.36. The van der Waals surface area contributed by atoms with E-state index in [1.165, 1.54) is 4.90 Å². The topological polar surface area (TPSA) is 121 Å². The van der Waals surface area contributed by atoms with Gasteiger partial charge >= 0.3 is 0 Å². The van der Waals surface area contributed by atoms with Gasteiger partial charge in [0.15, 0.2) is 0 Å². The zero-order valence-corrected chi connectivity index (χ0v) is 36.5. The summed E-state index contributed by atoms with van der Waals surface area (Å²) in [6.07, 6.45) is 7.05. The first-order valence-corrected chi connectivity index (χ1v) is 22.2. The SMILES string of the molecule is CCC(C)(CCCCCCCl)OCCC(C)(CC)Oc1cc(-c2scnc2C)ccc1CNC(=O)[C@@H]1C[C@@H](O)CN1C(=O)C(C(C)C)N1Cc2ccccc2C1=O. The molecule has 12 heteroatoms. The number of carbonyl (C=O) groups excluding carboxylic acids is 3. The highest BCUT2D eigenvalue weighted by Gasteiger charge is 2.46. The monoisotopic (exact) mass is 822 g/mol. The average molecular weight is 824 g/mol. The number of likely N-dealkylation sites (tertiary alicyclic amines) is 1. The Hall–Kier alpha value is -3.51. The zero-order chi connectivity index (χ0) is 41.3. The summed E-state index contributed by atoms with van der Waals surface area (Å²) in [7, 11) is 0. The zero-order valence-electron chi connectivity index (χ0n) is 34.9. The summed E-state index contributed by atoms with van der Waals surface area (Å²) >= 11 is 7.44. The van der Waals surface area contributed by atoms with Crippen molar-refractivity contribution in [1.82, 2.24) is 20.1 Å². The van der Waals surface area contributed by atoms with Gasteiger partial charge in [0.05, 0.1) is 34.4 Å².